The smallest absolute Gasteiger partial charge is 1.00 e. The number of rotatable bonds is 8. The van der Waals surface area contributed by atoms with Crippen molar-refractivity contribution in [3.05, 3.63) is 60.7 Å². The molecule has 0 unspecified atom stereocenters. The summed E-state index contributed by atoms with van der Waals surface area (Å²) in [4.78, 5) is 0. The van der Waals surface area contributed by atoms with E-state index < -0.39 is 9.53 Å². The molecule has 0 heterocycles. The molecule has 0 fully saturated rings. The SMILES string of the molecule is CCO[SiH](OCC)OCC.N.[Cl-].[Cl-].[Cl-].[Cr+3].c1ccc(Pc2ccccc2)cc1. The first-order valence-corrected chi connectivity index (χ1v) is 10.4. The third-order valence-corrected chi connectivity index (χ3v) is 5.81. The molecule has 2 aromatic carbocycles. The van der Waals surface area contributed by atoms with Crippen LogP contribution in [0.25, 0.3) is 0 Å². The van der Waals surface area contributed by atoms with Gasteiger partial charge in [-0.2, -0.15) is 0 Å². The molecule has 0 aliphatic heterocycles. The van der Waals surface area contributed by atoms with Gasteiger partial charge in [0.2, 0.25) is 0 Å². The summed E-state index contributed by atoms with van der Waals surface area (Å²) >= 11 is 0. The second-order valence-electron chi connectivity index (χ2n) is 4.51. The van der Waals surface area contributed by atoms with Gasteiger partial charge in [0.25, 0.3) is 0 Å². The number of hydrogen-bond donors (Lipinski definition) is 1. The second kappa shape index (κ2) is 27.3. The minimum absolute atomic E-state index is 0. The van der Waals surface area contributed by atoms with Crippen LogP contribution in [0.5, 0.6) is 0 Å². The van der Waals surface area contributed by atoms with Gasteiger partial charge >= 0.3 is 26.9 Å². The van der Waals surface area contributed by atoms with E-state index >= 15 is 0 Å². The van der Waals surface area contributed by atoms with E-state index in [-0.39, 0.29) is 60.7 Å². The van der Waals surface area contributed by atoms with Crippen LogP contribution < -0.4 is 54.0 Å². The van der Waals surface area contributed by atoms with E-state index in [1.807, 2.05) is 20.8 Å². The van der Waals surface area contributed by atoms with Crippen molar-refractivity contribution >= 4 is 28.7 Å². The molecule has 0 aromatic heterocycles. The van der Waals surface area contributed by atoms with Crippen molar-refractivity contribution in [3.63, 3.8) is 0 Å². The fourth-order valence-corrected chi connectivity index (χ4v) is 3.92. The number of benzene rings is 2. The van der Waals surface area contributed by atoms with Crippen LogP contribution in [0, 0.1) is 0 Å². The zero-order valence-corrected chi connectivity index (χ0v) is 22.1. The van der Waals surface area contributed by atoms with Crippen molar-refractivity contribution in [1.29, 1.82) is 0 Å². The fraction of sp³-hybridized carbons (Fsp3) is 0.333. The summed E-state index contributed by atoms with van der Waals surface area (Å²) in [6.07, 6.45) is 0. The van der Waals surface area contributed by atoms with Crippen LogP contribution >= 0.6 is 8.58 Å². The normalized spacial score (nSPS) is 8.43. The summed E-state index contributed by atoms with van der Waals surface area (Å²) in [5.41, 5.74) is 0. The number of halogens is 3. The minimum atomic E-state index is -1.73. The van der Waals surface area contributed by atoms with Crippen molar-refractivity contribution in [3.8, 4) is 0 Å². The molecule has 0 aliphatic rings. The first-order valence-electron chi connectivity index (χ1n) is 8.02. The van der Waals surface area contributed by atoms with E-state index in [0.29, 0.717) is 19.8 Å². The van der Waals surface area contributed by atoms with Crippen LogP contribution in [0.4, 0.5) is 0 Å². The van der Waals surface area contributed by atoms with Gasteiger partial charge in [-0.25, -0.2) is 0 Å². The average molecular weight is 526 g/mol. The summed E-state index contributed by atoms with van der Waals surface area (Å²) in [5, 5.41) is 2.79. The molecule has 1 radical (unpaired) electrons. The average Bonchev–Trinajstić information content (AvgIpc) is 2.58. The molecule has 0 bridgehead atoms. The van der Waals surface area contributed by atoms with E-state index in [4.69, 9.17) is 13.3 Å². The molecule has 0 spiro atoms. The quantitative estimate of drug-likeness (QED) is 0.276. The molecule has 2 rings (SSSR count). The summed E-state index contributed by atoms with van der Waals surface area (Å²) in [6.45, 7) is 7.86. The summed E-state index contributed by atoms with van der Waals surface area (Å²) in [6, 6.07) is 21.2. The summed E-state index contributed by atoms with van der Waals surface area (Å²) in [7, 11) is -0.957. The number of hydrogen-bond acceptors (Lipinski definition) is 4. The van der Waals surface area contributed by atoms with Crippen LogP contribution in [0.1, 0.15) is 20.8 Å². The van der Waals surface area contributed by atoms with Gasteiger partial charge in [0, 0.05) is 19.8 Å². The second-order valence-corrected chi connectivity index (χ2v) is 7.49. The summed E-state index contributed by atoms with van der Waals surface area (Å²) < 4.78 is 15.7. The Morgan fingerprint density at radius 3 is 1.18 bits per heavy atom. The molecular formula is C18H30Cl3CrNO3PSi. The predicted octanol–water partition coefficient (Wildman–Crippen LogP) is -5.70. The maximum atomic E-state index is 5.22. The van der Waals surface area contributed by atoms with E-state index in [1.54, 1.807) is 0 Å². The van der Waals surface area contributed by atoms with E-state index in [1.165, 1.54) is 10.6 Å². The molecule has 0 amide bonds. The topological polar surface area (TPSA) is 62.7 Å². The van der Waals surface area contributed by atoms with Crippen LogP contribution in [0.2, 0.25) is 0 Å². The first kappa shape index (κ1) is 38.9. The predicted molar refractivity (Wildman–Crippen MR) is 108 cm³/mol. The van der Waals surface area contributed by atoms with Gasteiger partial charge < -0.3 is 56.6 Å². The van der Waals surface area contributed by atoms with Crippen molar-refractivity contribution in [2.24, 2.45) is 0 Å². The van der Waals surface area contributed by atoms with Gasteiger partial charge in [-0.1, -0.05) is 69.2 Å². The Balaban J connectivity index is -0.000000110. The largest absolute Gasteiger partial charge is 3.00 e. The fourth-order valence-electron chi connectivity index (χ4n) is 1.76. The zero-order valence-electron chi connectivity index (χ0n) is 16.4. The third kappa shape index (κ3) is 19.6. The molecule has 0 saturated heterocycles. The standard InChI is InChI=1S/C12H11P.C6H16O3Si.3ClH.Cr.H3N/c1-3-7-11(8-4-1)13-12-9-5-2-6-10-12;1-4-7-10(8-5-2)9-6-3;;;;;/h1-10,13H;10H,4-6H2,1-3H3;3*1H;;1H3/q;;;;;+3;/p-3. The summed E-state index contributed by atoms with van der Waals surface area (Å²) in [5.74, 6) is 0. The van der Waals surface area contributed by atoms with E-state index in [2.05, 4.69) is 60.7 Å². The van der Waals surface area contributed by atoms with Crippen molar-refractivity contribution in [2.75, 3.05) is 19.8 Å². The Morgan fingerprint density at radius 1 is 0.643 bits per heavy atom. The molecular weight excluding hydrogens is 496 g/mol. The van der Waals surface area contributed by atoms with Crippen molar-refractivity contribution in [2.45, 2.75) is 20.8 Å². The van der Waals surface area contributed by atoms with Crippen molar-refractivity contribution in [1.82, 2.24) is 6.15 Å². The third-order valence-electron chi connectivity index (χ3n) is 2.74. The molecule has 3 N–H and O–H groups in total. The van der Waals surface area contributed by atoms with E-state index in [9.17, 15) is 0 Å². The minimum Gasteiger partial charge on any atom is -1.00 e. The molecule has 2 aromatic rings. The van der Waals surface area contributed by atoms with Gasteiger partial charge in [0.1, 0.15) is 0 Å². The van der Waals surface area contributed by atoms with Crippen LogP contribution in [-0.4, -0.2) is 29.3 Å². The van der Waals surface area contributed by atoms with E-state index in [0.717, 1.165) is 8.58 Å². The van der Waals surface area contributed by atoms with Gasteiger partial charge in [-0.3, -0.25) is 0 Å². The van der Waals surface area contributed by atoms with Crippen LogP contribution in [-0.2, 0) is 30.6 Å². The maximum absolute atomic E-state index is 5.22. The van der Waals surface area contributed by atoms with Gasteiger partial charge in [0.05, 0.1) is 0 Å². The van der Waals surface area contributed by atoms with Crippen molar-refractivity contribution < 1.29 is 67.9 Å². The molecule has 10 heteroatoms. The van der Waals surface area contributed by atoms with Gasteiger partial charge in [-0.05, 0) is 31.4 Å². The Labute approximate surface area is 203 Å². The molecule has 0 aliphatic carbocycles. The molecule has 161 valence electrons. The Morgan fingerprint density at radius 2 is 0.929 bits per heavy atom. The monoisotopic (exact) mass is 524 g/mol. The Kier molecular flexibility index (Phi) is 37.9. The molecule has 4 nitrogen and oxygen atoms in total. The molecule has 0 atom stereocenters. The maximum Gasteiger partial charge on any atom is 3.00 e. The van der Waals surface area contributed by atoms with Gasteiger partial charge in [0.15, 0.2) is 0 Å². The molecule has 28 heavy (non-hydrogen) atoms. The van der Waals surface area contributed by atoms with Crippen LogP contribution in [0.15, 0.2) is 60.7 Å². The Bertz CT molecular complexity index is 470. The van der Waals surface area contributed by atoms with Crippen LogP contribution in [0.3, 0.4) is 0 Å². The van der Waals surface area contributed by atoms with Gasteiger partial charge in [-0.15, -0.1) is 0 Å². The molecule has 0 saturated carbocycles. The Hall–Kier alpha value is 0.329. The first-order chi connectivity index (χ1) is 11.3. The zero-order chi connectivity index (χ0) is 16.8.